The quantitative estimate of drug-likeness (QED) is 0.927. The van der Waals surface area contributed by atoms with Crippen LogP contribution in [0.1, 0.15) is 35.8 Å². The van der Waals surface area contributed by atoms with Gasteiger partial charge in [-0.15, -0.1) is 0 Å². The van der Waals surface area contributed by atoms with Crippen molar-refractivity contribution >= 4 is 16.8 Å². The number of aromatic nitrogens is 2. The number of primary amides is 1. The highest BCUT2D eigenvalue weighted by Gasteiger charge is 2.20. The summed E-state index contributed by atoms with van der Waals surface area (Å²) in [6, 6.07) is 3.50. The Balaban J connectivity index is 2.09. The van der Waals surface area contributed by atoms with Gasteiger partial charge in [-0.05, 0) is 25.3 Å². The molecule has 0 radical (unpaired) electrons. The third-order valence-electron chi connectivity index (χ3n) is 3.61. The van der Waals surface area contributed by atoms with Gasteiger partial charge in [0, 0.05) is 18.1 Å². The Hall–Kier alpha value is -2.08. The third-order valence-corrected chi connectivity index (χ3v) is 3.61. The van der Waals surface area contributed by atoms with E-state index in [0.717, 1.165) is 36.8 Å². The second-order valence-electron chi connectivity index (χ2n) is 4.89. The SMILES string of the molecule is COc1cc2c(cnn2C2CCCCO2)cc1C(N)=O. The molecule has 1 aromatic heterocycles. The van der Waals surface area contributed by atoms with E-state index in [0.29, 0.717) is 11.3 Å². The van der Waals surface area contributed by atoms with Crippen LogP contribution >= 0.6 is 0 Å². The maximum atomic E-state index is 11.4. The van der Waals surface area contributed by atoms with Crippen LogP contribution in [0.2, 0.25) is 0 Å². The van der Waals surface area contributed by atoms with Crippen molar-refractivity contribution in [3.05, 3.63) is 23.9 Å². The number of fused-ring (bicyclic) bond motifs is 1. The molecule has 20 heavy (non-hydrogen) atoms. The van der Waals surface area contributed by atoms with Crippen molar-refractivity contribution in [1.82, 2.24) is 9.78 Å². The number of hydrogen-bond acceptors (Lipinski definition) is 4. The van der Waals surface area contributed by atoms with Gasteiger partial charge in [-0.3, -0.25) is 4.79 Å². The van der Waals surface area contributed by atoms with Crippen LogP contribution in [0.15, 0.2) is 18.3 Å². The molecule has 1 unspecified atom stereocenters. The number of carbonyl (C=O) groups excluding carboxylic acids is 1. The second-order valence-corrected chi connectivity index (χ2v) is 4.89. The molecular weight excluding hydrogens is 258 g/mol. The van der Waals surface area contributed by atoms with Gasteiger partial charge in [0.2, 0.25) is 0 Å². The summed E-state index contributed by atoms with van der Waals surface area (Å²) in [6.07, 6.45) is 4.83. The Labute approximate surface area is 116 Å². The highest BCUT2D eigenvalue weighted by Crippen LogP contribution is 2.30. The molecule has 1 aromatic carbocycles. The standard InChI is InChI=1S/C14H17N3O3/c1-19-12-7-11-9(6-10(12)14(15)18)8-16-17(11)13-4-2-3-5-20-13/h6-8,13H,2-5H2,1H3,(H2,15,18). The molecule has 1 saturated heterocycles. The molecule has 1 fully saturated rings. The van der Waals surface area contributed by atoms with Gasteiger partial charge in [0.05, 0.1) is 24.4 Å². The van der Waals surface area contributed by atoms with Gasteiger partial charge < -0.3 is 15.2 Å². The van der Waals surface area contributed by atoms with Gasteiger partial charge in [-0.2, -0.15) is 5.10 Å². The van der Waals surface area contributed by atoms with Crippen LogP contribution in [0.3, 0.4) is 0 Å². The van der Waals surface area contributed by atoms with E-state index in [1.165, 1.54) is 7.11 Å². The first kappa shape index (κ1) is 12.9. The fourth-order valence-corrected chi connectivity index (χ4v) is 2.58. The Bertz CT molecular complexity index is 644. The minimum Gasteiger partial charge on any atom is -0.496 e. The number of amides is 1. The number of benzene rings is 1. The number of hydrogen-bond donors (Lipinski definition) is 1. The molecular formula is C14H17N3O3. The van der Waals surface area contributed by atoms with Crippen molar-refractivity contribution in [2.75, 3.05) is 13.7 Å². The molecule has 1 aliphatic rings. The van der Waals surface area contributed by atoms with E-state index >= 15 is 0 Å². The number of methoxy groups -OCH3 is 1. The van der Waals surface area contributed by atoms with Crippen molar-refractivity contribution in [2.45, 2.75) is 25.5 Å². The number of ether oxygens (including phenoxy) is 2. The molecule has 1 aliphatic heterocycles. The van der Waals surface area contributed by atoms with Crippen molar-refractivity contribution < 1.29 is 14.3 Å². The minimum absolute atomic E-state index is 0.0506. The van der Waals surface area contributed by atoms with Crippen molar-refractivity contribution in [1.29, 1.82) is 0 Å². The van der Waals surface area contributed by atoms with E-state index in [4.69, 9.17) is 15.2 Å². The number of rotatable bonds is 3. The fraction of sp³-hybridized carbons (Fsp3) is 0.429. The first-order valence-electron chi connectivity index (χ1n) is 6.67. The predicted octanol–water partition coefficient (Wildman–Crippen LogP) is 1.84. The van der Waals surface area contributed by atoms with Crippen LogP contribution in [-0.2, 0) is 4.74 Å². The second kappa shape index (κ2) is 5.13. The Morgan fingerprint density at radius 1 is 1.50 bits per heavy atom. The number of carbonyl (C=O) groups is 1. The van der Waals surface area contributed by atoms with E-state index in [1.54, 1.807) is 18.3 Å². The molecule has 3 rings (SSSR count). The zero-order valence-corrected chi connectivity index (χ0v) is 11.3. The van der Waals surface area contributed by atoms with E-state index in [-0.39, 0.29) is 6.23 Å². The summed E-state index contributed by atoms with van der Waals surface area (Å²) < 4.78 is 12.8. The van der Waals surface area contributed by atoms with E-state index in [1.807, 2.05) is 4.68 Å². The lowest BCUT2D eigenvalue weighted by atomic mass is 10.1. The molecule has 106 valence electrons. The molecule has 1 amide bonds. The van der Waals surface area contributed by atoms with Crippen LogP contribution in [-0.4, -0.2) is 29.4 Å². The minimum atomic E-state index is -0.509. The largest absolute Gasteiger partial charge is 0.496 e. The summed E-state index contributed by atoms with van der Waals surface area (Å²) in [6.45, 7) is 0.753. The van der Waals surface area contributed by atoms with Crippen LogP contribution in [0.5, 0.6) is 5.75 Å². The van der Waals surface area contributed by atoms with Gasteiger partial charge >= 0.3 is 0 Å². The molecule has 0 bridgehead atoms. The molecule has 2 aromatic rings. The summed E-state index contributed by atoms with van der Waals surface area (Å²) in [5.74, 6) is -0.0482. The Morgan fingerprint density at radius 2 is 2.35 bits per heavy atom. The van der Waals surface area contributed by atoms with Gasteiger partial charge in [0.15, 0.2) is 6.23 Å². The average Bonchev–Trinajstić information content (AvgIpc) is 2.89. The van der Waals surface area contributed by atoms with Gasteiger partial charge in [0.25, 0.3) is 5.91 Å². The molecule has 2 heterocycles. The van der Waals surface area contributed by atoms with Crippen molar-refractivity contribution in [3.63, 3.8) is 0 Å². The summed E-state index contributed by atoms with van der Waals surface area (Å²) in [7, 11) is 1.52. The normalized spacial score (nSPS) is 19.1. The van der Waals surface area contributed by atoms with Crippen LogP contribution in [0.4, 0.5) is 0 Å². The number of nitrogens with zero attached hydrogens (tertiary/aromatic N) is 2. The maximum Gasteiger partial charge on any atom is 0.252 e. The summed E-state index contributed by atoms with van der Waals surface area (Å²) in [4.78, 5) is 11.4. The Morgan fingerprint density at radius 3 is 3.00 bits per heavy atom. The molecule has 0 saturated carbocycles. The molecule has 6 heteroatoms. The summed E-state index contributed by atoms with van der Waals surface area (Å²) in [5, 5.41) is 5.23. The van der Waals surface area contributed by atoms with Gasteiger partial charge in [-0.1, -0.05) is 0 Å². The predicted molar refractivity (Wildman–Crippen MR) is 73.6 cm³/mol. The van der Waals surface area contributed by atoms with Gasteiger partial charge in [0.1, 0.15) is 5.75 Å². The van der Waals surface area contributed by atoms with Crippen molar-refractivity contribution in [3.8, 4) is 5.75 Å². The third kappa shape index (κ3) is 2.12. The topological polar surface area (TPSA) is 79.4 Å². The lowest BCUT2D eigenvalue weighted by Crippen LogP contribution is -2.19. The Kier molecular flexibility index (Phi) is 3.31. The monoisotopic (exact) mass is 275 g/mol. The molecule has 0 spiro atoms. The first-order valence-corrected chi connectivity index (χ1v) is 6.67. The van der Waals surface area contributed by atoms with E-state index in [2.05, 4.69) is 5.10 Å². The molecule has 6 nitrogen and oxygen atoms in total. The summed E-state index contributed by atoms with van der Waals surface area (Å²) >= 11 is 0. The smallest absolute Gasteiger partial charge is 0.252 e. The van der Waals surface area contributed by atoms with Crippen LogP contribution in [0.25, 0.3) is 10.9 Å². The van der Waals surface area contributed by atoms with E-state index in [9.17, 15) is 4.79 Å². The molecule has 1 atom stereocenters. The van der Waals surface area contributed by atoms with Gasteiger partial charge in [-0.25, -0.2) is 4.68 Å². The van der Waals surface area contributed by atoms with Crippen molar-refractivity contribution in [2.24, 2.45) is 5.73 Å². The zero-order chi connectivity index (χ0) is 14.1. The zero-order valence-electron chi connectivity index (χ0n) is 11.3. The van der Waals surface area contributed by atoms with E-state index < -0.39 is 5.91 Å². The fourth-order valence-electron chi connectivity index (χ4n) is 2.58. The first-order chi connectivity index (χ1) is 9.70. The molecule has 2 N–H and O–H groups in total. The maximum absolute atomic E-state index is 11.4. The lowest BCUT2D eigenvalue weighted by Gasteiger charge is -2.23. The number of nitrogens with two attached hydrogens (primary N) is 1. The highest BCUT2D eigenvalue weighted by molar-refractivity contribution is 6.00. The summed E-state index contributed by atoms with van der Waals surface area (Å²) in [5.41, 5.74) is 6.61. The highest BCUT2D eigenvalue weighted by atomic mass is 16.5. The van der Waals surface area contributed by atoms with Crippen LogP contribution in [0, 0.1) is 0 Å². The van der Waals surface area contributed by atoms with Crippen LogP contribution < -0.4 is 10.5 Å². The molecule has 0 aliphatic carbocycles. The lowest BCUT2D eigenvalue weighted by molar-refractivity contribution is -0.0366. The average molecular weight is 275 g/mol.